The summed E-state index contributed by atoms with van der Waals surface area (Å²) in [5.41, 5.74) is 7.43. The molecule has 1 heterocycles. The molecular weight excluding hydrogens is 166 g/mol. The topological polar surface area (TPSA) is 71.2 Å². The van der Waals surface area contributed by atoms with Gasteiger partial charge in [0, 0.05) is 36.2 Å². The van der Waals surface area contributed by atoms with E-state index in [1.165, 1.54) is 0 Å². The van der Waals surface area contributed by atoms with Crippen LogP contribution in [0.4, 0.5) is 5.69 Å². The number of pyridine rings is 1. The molecule has 72 valence electrons. The maximum Gasteiger partial charge on any atom is 0.0630 e. The van der Waals surface area contributed by atoms with Crippen LogP contribution in [0.5, 0.6) is 0 Å². The first-order chi connectivity index (χ1) is 6.27. The van der Waals surface area contributed by atoms with Crippen molar-refractivity contribution in [1.29, 1.82) is 0 Å². The van der Waals surface area contributed by atoms with Crippen molar-refractivity contribution in [3.63, 3.8) is 0 Å². The second-order valence-corrected chi connectivity index (χ2v) is 2.96. The lowest BCUT2D eigenvalue weighted by atomic mass is 10.2. The van der Waals surface area contributed by atoms with E-state index in [0.717, 1.165) is 11.3 Å². The Bertz CT molecular complexity index is 265. The molecular formula is C9H15N3O. The molecule has 0 amide bonds. The molecule has 1 unspecified atom stereocenters. The van der Waals surface area contributed by atoms with Crippen molar-refractivity contribution in [1.82, 2.24) is 4.98 Å². The highest BCUT2D eigenvalue weighted by Crippen LogP contribution is 2.13. The number of rotatable bonds is 4. The lowest BCUT2D eigenvalue weighted by Crippen LogP contribution is -2.20. The van der Waals surface area contributed by atoms with Crippen LogP contribution in [0.2, 0.25) is 0 Å². The van der Waals surface area contributed by atoms with E-state index in [1.807, 2.05) is 13.0 Å². The third kappa shape index (κ3) is 2.68. The van der Waals surface area contributed by atoms with Crippen LogP contribution in [0, 0.1) is 0 Å². The van der Waals surface area contributed by atoms with Crippen molar-refractivity contribution in [2.24, 2.45) is 5.73 Å². The highest BCUT2D eigenvalue weighted by atomic mass is 16.3. The minimum atomic E-state index is 0.0349. The monoisotopic (exact) mass is 181 g/mol. The summed E-state index contributed by atoms with van der Waals surface area (Å²) in [6, 6.07) is 1.89. The first kappa shape index (κ1) is 9.95. The molecule has 0 radical (unpaired) electrons. The van der Waals surface area contributed by atoms with Gasteiger partial charge in [-0.2, -0.15) is 0 Å². The Morgan fingerprint density at radius 3 is 3.08 bits per heavy atom. The fourth-order valence-corrected chi connectivity index (χ4v) is 1.04. The third-order valence-electron chi connectivity index (χ3n) is 1.80. The molecule has 0 spiro atoms. The van der Waals surface area contributed by atoms with Gasteiger partial charge in [0.05, 0.1) is 6.61 Å². The molecule has 1 rings (SSSR count). The van der Waals surface area contributed by atoms with Crippen LogP contribution in [0.3, 0.4) is 0 Å². The molecule has 1 aromatic heterocycles. The van der Waals surface area contributed by atoms with Gasteiger partial charge in [-0.3, -0.25) is 4.98 Å². The van der Waals surface area contributed by atoms with E-state index < -0.39 is 0 Å². The highest BCUT2D eigenvalue weighted by Gasteiger charge is 2.03. The van der Waals surface area contributed by atoms with Gasteiger partial charge in [-0.1, -0.05) is 0 Å². The SMILES string of the molecule is CC(CO)Nc1ccncc1CN. The maximum atomic E-state index is 8.85. The molecule has 4 N–H and O–H groups in total. The Morgan fingerprint density at radius 2 is 2.46 bits per heavy atom. The van der Waals surface area contributed by atoms with Gasteiger partial charge in [0.15, 0.2) is 0 Å². The van der Waals surface area contributed by atoms with E-state index in [0.29, 0.717) is 6.54 Å². The summed E-state index contributed by atoms with van der Waals surface area (Å²) in [6.45, 7) is 2.46. The molecule has 0 saturated heterocycles. The number of hydrogen-bond donors (Lipinski definition) is 3. The molecule has 1 aromatic rings. The third-order valence-corrected chi connectivity index (χ3v) is 1.80. The second-order valence-electron chi connectivity index (χ2n) is 2.96. The largest absolute Gasteiger partial charge is 0.394 e. The average molecular weight is 181 g/mol. The number of nitrogens with one attached hydrogen (secondary N) is 1. The summed E-state index contributed by atoms with van der Waals surface area (Å²) in [5.74, 6) is 0. The van der Waals surface area contributed by atoms with E-state index in [9.17, 15) is 0 Å². The van der Waals surface area contributed by atoms with E-state index in [2.05, 4.69) is 10.3 Å². The maximum absolute atomic E-state index is 8.85. The standard InChI is InChI=1S/C9H15N3O/c1-7(6-13)12-9-2-3-11-5-8(9)4-10/h2-3,5,7,13H,4,6,10H2,1H3,(H,11,12). The van der Waals surface area contributed by atoms with Crippen LogP contribution in [-0.4, -0.2) is 22.7 Å². The van der Waals surface area contributed by atoms with Gasteiger partial charge < -0.3 is 16.2 Å². The number of aliphatic hydroxyl groups is 1. The van der Waals surface area contributed by atoms with Crippen molar-refractivity contribution in [2.75, 3.05) is 11.9 Å². The number of anilines is 1. The van der Waals surface area contributed by atoms with E-state index in [1.54, 1.807) is 12.4 Å². The van der Waals surface area contributed by atoms with E-state index in [-0.39, 0.29) is 12.6 Å². The first-order valence-electron chi connectivity index (χ1n) is 4.28. The van der Waals surface area contributed by atoms with Crippen LogP contribution in [0.1, 0.15) is 12.5 Å². The Labute approximate surface area is 77.8 Å². The Kier molecular flexibility index (Phi) is 3.67. The molecule has 0 saturated carbocycles. The quantitative estimate of drug-likeness (QED) is 0.626. The molecule has 1 atom stereocenters. The fourth-order valence-electron chi connectivity index (χ4n) is 1.04. The van der Waals surface area contributed by atoms with Crippen LogP contribution in [0.25, 0.3) is 0 Å². The molecule has 0 fully saturated rings. The molecule has 0 aliphatic heterocycles. The van der Waals surface area contributed by atoms with Gasteiger partial charge in [0.1, 0.15) is 0 Å². The van der Waals surface area contributed by atoms with Crippen LogP contribution in [-0.2, 0) is 6.54 Å². The van der Waals surface area contributed by atoms with Gasteiger partial charge in [-0.05, 0) is 13.0 Å². The zero-order valence-corrected chi connectivity index (χ0v) is 7.70. The van der Waals surface area contributed by atoms with Crippen molar-refractivity contribution < 1.29 is 5.11 Å². The fraction of sp³-hybridized carbons (Fsp3) is 0.444. The summed E-state index contributed by atoms with van der Waals surface area (Å²) in [6.07, 6.45) is 3.43. The van der Waals surface area contributed by atoms with Gasteiger partial charge >= 0.3 is 0 Å². The summed E-state index contributed by atoms with van der Waals surface area (Å²) < 4.78 is 0. The van der Waals surface area contributed by atoms with Crippen molar-refractivity contribution in [3.8, 4) is 0 Å². The zero-order valence-electron chi connectivity index (χ0n) is 7.70. The average Bonchev–Trinajstić information content (AvgIpc) is 2.18. The minimum Gasteiger partial charge on any atom is -0.394 e. The summed E-state index contributed by atoms with van der Waals surface area (Å²) in [7, 11) is 0. The van der Waals surface area contributed by atoms with Gasteiger partial charge in [-0.25, -0.2) is 0 Å². The number of aliphatic hydroxyl groups excluding tert-OH is 1. The highest BCUT2D eigenvalue weighted by molar-refractivity contribution is 5.49. The molecule has 0 aliphatic carbocycles. The molecule has 0 aromatic carbocycles. The molecule has 13 heavy (non-hydrogen) atoms. The van der Waals surface area contributed by atoms with Crippen molar-refractivity contribution in [2.45, 2.75) is 19.5 Å². The Hall–Kier alpha value is -1.13. The first-order valence-corrected chi connectivity index (χ1v) is 4.28. The Morgan fingerprint density at radius 1 is 1.69 bits per heavy atom. The van der Waals surface area contributed by atoms with Gasteiger partial charge in [0.2, 0.25) is 0 Å². The van der Waals surface area contributed by atoms with Crippen molar-refractivity contribution in [3.05, 3.63) is 24.0 Å². The zero-order chi connectivity index (χ0) is 9.68. The lowest BCUT2D eigenvalue weighted by Gasteiger charge is -2.14. The number of aromatic nitrogens is 1. The van der Waals surface area contributed by atoms with Gasteiger partial charge in [0.25, 0.3) is 0 Å². The van der Waals surface area contributed by atoms with Crippen molar-refractivity contribution >= 4 is 5.69 Å². The normalized spacial score (nSPS) is 12.5. The van der Waals surface area contributed by atoms with Gasteiger partial charge in [-0.15, -0.1) is 0 Å². The van der Waals surface area contributed by atoms with E-state index in [4.69, 9.17) is 10.8 Å². The number of nitrogens with zero attached hydrogens (tertiary/aromatic N) is 1. The van der Waals surface area contributed by atoms with E-state index >= 15 is 0 Å². The van der Waals surface area contributed by atoms with Crippen LogP contribution in [0.15, 0.2) is 18.5 Å². The smallest absolute Gasteiger partial charge is 0.0630 e. The summed E-state index contributed by atoms with van der Waals surface area (Å²) in [4.78, 5) is 3.97. The predicted octanol–water partition coefficient (Wildman–Crippen LogP) is 0.333. The minimum absolute atomic E-state index is 0.0349. The number of hydrogen-bond acceptors (Lipinski definition) is 4. The molecule has 4 nitrogen and oxygen atoms in total. The lowest BCUT2D eigenvalue weighted by molar-refractivity contribution is 0.281. The molecule has 0 aliphatic rings. The number of nitrogens with two attached hydrogens (primary N) is 1. The predicted molar refractivity (Wildman–Crippen MR) is 52.3 cm³/mol. The van der Waals surface area contributed by atoms with Crippen LogP contribution < -0.4 is 11.1 Å². The van der Waals surface area contributed by atoms with Crippen LogP contribution >= 0.6 is 0 Å². The summed E-state index contributed by atoms with van der Waals surface area (Å²) in [5, 5.41) is 12.0. The molecule has 4 heteroatoms. The Balaban J connectivity index is 2.74. The molecule has 0 bridgehead atoms. The summed E-state index contributed by atoms with van der Waals surface area (Å²) >= 11 is 0. The second kappa shape index (κ2) is 4.79.